The van der Waals surface area contributed by atoms with Crippen molar-refractivity contribution in [1.82, 2.24) is 0 Å². The third kappa shape index (κ3) is 3.93. The molecule has 0 aromatic heterocycles. The minimum atomic E-state index is -3.59. The number of carboxylic acid groups (broad SMARTS) is 1. The molecule has 0 aliphatic heterocycles. The number of para-hydroxylation sites is 1. The average Bonchev–Trinajstić information content (AvgIpc) is 2.18. The van der Waals surface area contributed by atoms with Gasteiger partial charge >= 0.3 is 5.97 Å². The Hall–Kier alpha value is -1.80. The lowest BCUT2D eigenvalue weighted by Crippen LogP contribution is -2.23. The van der Waals surface area contributed by atoms with Crippen molar-refractivity contribution >= 4 is 27.4 Å². The fourth-order valence-corrected chi connectivity index (χ4v) is 1.65. The van der Waals surface area contributed by atoms with E-state index in [1.165, 1.54) is 18.2 Å². The van der Waals surface area contributed by atoms with Crippen LogP contribution in [0.2, 0.25) is 0 Å². The van der Waals surface area contributed by atoms with Gasteiger partial charge in [0.1, 0.15) is 0 Å². The molecular formula is C9H13N3O4S. The largest absolute Gasteiger partial charge is 0.478 e. The minimum Gasteiger partial charge on any atom is -0.478 e. The number of hydrogen-bond acceptors (Lipinski definition) is 5. The highest BCUT2D eigenvalue weighted by Crippen LogP contribution is 2.23. The molecule has 7 nitrogen and oxygen atoms in total. The molecule has 0 aliphatic carbocycles. The number of nitrogen functional groups attached to an aromatic ring is 1. The average molecular weight is 259 g/mol. The van der Waals surface area contributed by atoms with Crippen LogP contribution in [0.3, 0.4) is 0 Å². The van der Waals surface area contributed by atoms with Crippen molar-refractivity contribution in [3.8, 4) is 0 Å². The number of carbonyl (C=O) groups is 1. The van der Waals surface area contributed by atoms with Gasteiger partial charge in [-0.15, -0.1) is 0 Å². The molecule has 1 aromatic rings. The van der Waals surface area contributed by atoms with Gasteiger partial charge in [-0.2, -0.15) is 0 Å². The molecule has 0 saturated heterocycles. The van der Waals surface area contributed by atoms with Crippen LogP contribution in [-0.4, -0.2) is 31.8 Å². The zero-order valence-electron chi connectivity index (χ0n) is 8.88. The first-order valence-corrected chi connectivity index (χ1v) is 6.39. The lowest BCUT2D eigenvalue weighted by Gasteiger charge is -2.11. The number of primary sulfonamides is 1. The Morgan fingerprint density at radius 3 is 2.59 bits per heavy atom. The summed E-state index contributed by atoms with van der Waals surface area (Å²) in [7, 11) is -3.59. The molecule has 0 aliphatic rings. The Morgan fingerprint density at radius 1 is 1.41 bits per heavy atom. The van der Waals surface area contributed by atoms with Crippen molar-refractivity contribution in [2.45, 2.75) is 0 Å². The maximum Gasteiger partial charge on any atom is 0.337 e. The molecule has 0 unspecified atom stereocenters. The van der Waals surface area contributed by atoms with Crippen molar-refractivity contribution in [2.75, 3.05) is 23.3 Å². The fourth-order valence-electron chi connectivity index (χ4n) is 1.26. The molecule has 0 radical (unpaired) electrons. The summed E-state index contributed by atoms with van der Waals surface area (Å²) in [5.74, 6) is -1.45. The number of nitrogens with one attached hydrogen (secondary N) is 1. The predicted octanol–water partition coefficient (Wildman–Crippen LogP) is -0.333. The molecular weight excluding hydrogens is 246 g/mol. The normalized spacial score (nSPS) is 11.1. The molecule has 0 saturated carbocycles. The van der Waals surface area contributed by atoms with Gasteiger partial charge in [-0.1, -0.05) is 6.07 Å². The van der Waals surface area contributed by atoms with Crippen molar-refractivity contribution in [3.05, 3.63) is 23.8 Å². The van der Waals surface area contributed by atoms with Gasteiger partial charge < -0.3 is 16.2 Å². The Balaban J connectivity index is 2.86. The fraction of sp³-hybridized carbons (Fsp3) is 0.222. The Labute approximate surface area is 98.5 Å². The topological polar surface area (TPSA) is 136 Å². The molecule has 8 heteroatoms. The second-order valence-electron chi connectivity index (χ2n) is 3.37. The quantitative estimate of drug-likeness (QED) is 0.534. The molecule has 6 N–H and O–H groups in total. The van der Waals surface area contributed by atoms with E-state index in [1.807, 2.05) is 0 Å². The summed E-state index contributed by atoms with van der Waals surface area (Å²) in [6.45, 7) is -0.00662. The number of hydrogen-bond donors (Lipinski definition) is 4. The number of rotatable bonds is 5. The van der Waals surface area contributed by atoms with E-state index >= 15 is 0 Å². The van der Waals surface area contributed by atoms with E-state index in [0.29, 0.717) is 0 Å². The smallest absolute Gasteiger partial charge is 0.337 e. The lowest BCUT2D eigenvalue weighted by atomic mass is 10.1. The molecule has 94 valence electrons. The maximum absolute atomic E-state index is 10.9. The van der Waals surface area contributed by atoms with Gasteiger partial charge in [0.2, 0.25) is 10.0 Å². The first kappa shape index (κ1) is 13.3. The molecule has 1 rings (SSSR count). The van der Waals surface area contributed by atoms with Crippen LogP contribution in [-0.2, 0) is 10.0 Å². The van der Waals surface area contributed by atoms with Gasteiger partial charge in [0.15, 0.2) is 0 Å². The van der Waals surface area contributed by atoms with Crippen molar-refractivity contribution < 1.29 is 18.3 Å². The summed E-state index contributed by atoms with van der Waals surface area (Å²) >= 11 is 0. The van der Waals surface area contributed by atoms with Gasteiger partial charge in [0.05, 0.1) is 22.7 Å². The zero-order valence-corrected chi connectivity index (χ0v) is 9.70. The number of anilines is 2. The highest BCUT2D eigenvalue weighted by atomic mass is 32.2. The number of carboxylic acids is 1. The van der Waals surface area contributed by atoms with Crippen LogP contribution >= 0.6 is 0 Å². The summed E-state index contributed by atoms with van der Waals surface area (Å²) in [6.07, 6.45) is 0. The number of sulfonamides is 1. The molecule has 0 heterocycles. The minimum absolute atomic E-state index is 0.00662. The van der Waals surface area contributed by atoms with E-state index in [-0.39, 0.29) is 29.2 Å². The summed E-state index contributed by atoms with van der Waals surface area (Å²) < 4.78 is 21.4. The van der Waals surface area contributed by atoms with Crippen molar-refractivity contribution in [2.24, 2.45) is 5.14 Å². The Kier molecular flexibility index (Phi) is 3.92. The first-order valence-electron chi connectivity index (χ1n) is 4.67. The lowest BCUT2D eigenvalue weighted by molar-refractivity contribution is 0.0698. The predicted molar refractivity (Wildman–Crippen MR) is 64.3 cm³/mol. The number of aromatic carboxylic acids is 1. The third-order valence-corrected chi connectivity index (χ3v) is 2.79. The monoisotopic (exact) mass is 259 g/mol. The van der Waals surface area contributed by atoms with E-state index < -0.39 is 16.0 Å². The maximum atomic E-state index is 10.9. The second kappa shape index (κ2) is 5.02. The molecule has 1 aromatic carbocycles. The number of nitrogens with two attached hydrogens (primary N) is 2. The summed E-state index contributed by atoms with van der Waals surface area (Å²) in [5, 5.41) is 16.4. The summed E-state index contributed by atoms with van der Waals surface area (Å²) in [6, 6.07) is 4.40. The van der Waals surface area contributed by atoms with Crippen LogP contribution in [0.15, 0.2) is 18.2 Å². The van der Waals surface area contributed by atoms with E-state index in [4.69, 9.17) is 16.0 Å². The van der Waals surface area contributed by atoms with Gasteiger partial charge in [-0.3, -0.25) is 0 Å². The van der Waals surface area contributed by atoms with Crippen LogP contribution in [0.5, 0.6) is 0 Å². The summed E-state index contributed by atoms with van der Waals surface area (Å²) in [4.78, 5) is 10.9. The van der Waals surface area contributed by atoms with Gasteiger partial charge in [0.25, 0.3) is 0 Å². The highest BCUT2D eigenvalue weighted by molar-refractivity contribution is 7.89. The van der Waals surface area contributed by atoms with E-state index in [1.54, 1.807) is 0 Å². The van der Waals surface area contributed by atoms with Crippen LogP contribution in [0.4, 0.5) is 11.4 Å². The van der Waals surface area contributed by atoms with Crippen molar-refractivity contribution in [3.63, 3.8) is 0 Å². The molecule has 0 amide bonds. The van der Waals surface area contributed by atoms with E-state index in [2.05, 4.69) is 5.32 Å². The Bertz CT molecular complexity index is 527. The first-order chi connectivity index (χ1) is 7.81. The van der Waals surface area contributed by atoms with Crippen LogP contribution in [0.1, 0.15) is 10.4 Å². The summed E-state index contributed by atoms with van der Waals surface area (Å²) in [5.41, 5.74) is 6.02. The Morgan fingerprint density at radius 2 is 2.06 bits per heavy atom. The van der Waals surface area contributed by atoms with E-state index in [9.17, 15) is 13.2 Å². The molecule has 0 bridgehead atoms. The highest BCUT2D eigenvalue weighted by Gasteiger charge is 2.12. The molecule has 0 fully saturated rings. The standard InChI is InChI=1S/C9H13N3O4S/c10-7-3-1-2-6(9(13)14)8(7)12-4-5-17(11,15)16/h1-3,12H,4-5,10H2,(H,13,14)(H2,11,15,16). The van der Waals surface area contributed by atoms with Gasteiger partial charge in [-0.05, 0) is 12.1 Å². The van der Waals surface area contributed by atoms with Crippen LogP contribution < -0.4 is 16.2 Å². The SMILES string of the molecule is Nc1cccc(C(=O)O)c1NCCS(N)(=O)=O. The van der Waals surface area contributed by atoms with Crippen LogP contribution in [0.25, 0.3) is 0 Å². The van der Waals surface area contributed by atoms with E-state index in [0.717, 1.165) is 0 Å². The molecule has 0 spiro atoms. The zero-order chi connectivity index (χ0) is 13.1. The van der Waals surface area contributed by atoms with Crippen molar-refractivity contribution in [1.29, 1.82) is 0 Å². The van der Waals surface area contributed by atoms with Gasteiger partial charge in [-0.25, -0.2) is 18.4 Å². The van der Waals surface area contributed by atoms with Gasteiger partial charge in [0, 0.05) is 6.54 Å². The molecule has 17 heavy (non-hydrogen) atoms. The second-order valence-corrected chi connectivity index (χ2v) is 5.10. The molecule has 0 atom stereocenters. The van der Waals surface area contributed by atoms with Crippen LogP contribution in [0, 0.1) is 0 Å². The number of benzene rings is 1. The third-order valence-electron chi connectivity index (χ3n) is 2.02.